The summed E-state index contributed by atoms with van der Waals surface area (Å²) >= 11 is 0. The van der Waals surface area contributed by atoms with Crippen molar-refractivity contribution < 1.29 is 14.3 Å². The van der Waals surface area contributed by atoms with Gasteiger partial charge in [-0.05, 0) is 25.1 Å². The molecule has 2 aromatic rings. The van der Waals surface area contributed by atoms with Crippen LogP contribution in [0.15, 0.2) is 30.5 Å². The first-order valence-electron chi connectivity index (χ1n) is 6.24. The summed E-state index contributed by atoms with van der Waals surface area (Å²) in [5, 5.41) is 9.32. The number of carbonyl (C=O) groups excluding carboxylic acids is 1. The van der Waals surface area contributed by atoms with E-state index in [0.717, 1.165) is 5.69 Å². The summed E-state index contributed by atoms with van der Waals surface area (Å²) in [7, 11) is 2.82. The van der Waals surface area contributed by atoms with Crippen molar-refractivity contribution >= 4 is 5.97 Å². The number of methoxy groups -OCH3 is 2. The van der Waals surface area contributed by atoms with Crippen molar-refractivity contribution in [1.82, 2.24) is 4.98 Å². The van der Waals surface area contributed by atoms with Crippen LogP contribution in [-0.2, 0) is 4.74 Å². The summed E-state index contributed by atoms with van der Waals surface area (Å²) in [6, 6.07) is 9.01. The Bertz CT molecular complexity index is 733. The van der Waals surface area contributed by atoms with E-state index in [-0.39, 0.29) is 0 Å². The SMILES string of the molecule is COC(=O)c1cnc(C)cc1-c1c(C#N)cccc1OC. The summed E-state index contributed by atoms with van der Waals surface area (Å²) in [4.78, 5) is 16.1. The molecule has 0 radical (unpaired) electrons. The van der Waals surface area contributed by atoms with Crippen LogP contribution in [0, 0.1) is 18.3 Å². The number of nitrogens with zero attached hydrogens (tertiary/aromatic N) is 2. The van der Waals surface area contributed by atoms with E-state index in [9.17, 15) is 10.1 Å². The van der Waals surface area contributed by atoms with Crippen LogP contribution in [-0.4, -0.2) is 25.2 Å². The fraction of sp³-hybridized carbons (Fsp3) is 0.188. The lowest BCUT2D eigenvalue weighted by Gasteiger charge is -2.13. The molecule has 0 aliphatic heterocycles. The number of nitriles is 1. The van der Waals surface area contributed by atoms with E-state index in [1.807, 2.05) is 6.92 Å². The number of ether oxygens (including phenoxy) is 2. The van der Waals surface area contributed by atoms with Gasteiger partial charge < -0.3 is 9.47 Å². The second kappa shape index (κ2) is 6.06. The molecular weight excluding hydrogens is 268 g/mol. The summed E-state index contributed by atoms with van der Waals surface area (Å²) in [5.74, 6) is 0.0112. The molecule has 1 aromatic carbocycles. The Balaban J connectivity index is 2.81. The van der Waals surface area contributed by atoms with Crippen LogP contribution in [0.2, 0.25) is 0 Å². The highest BCUT2D eigenvalue weighted by Crippen LogP contribution is 2.35. The van der Waals surface area contributed by atoms with E-state index < -0.39 is 5.97 Å². The van der Waals surface area contributed by atoms with E-state index in [1.165, 1.54) is 20.4 Å². The zero-order valence-electron chi connectivity index (χ0n) is 12.0. The van der Waals surface area contributed by atoms with Gasteiger partial charge in [-0.15, -0.1) is 0 Å². The monoisotopic (exact) mass is 282 g/mol. The zero-order chi connectivity index (χ0) is 15.4. The third kappa shape index (κ3) is 2.70. The fourth-order valence-electron chi connectivity index (χ4n) is 2.11. The normalized spacial score (nSPS) is 9.81. The molecule has 0 saturated carbocycles. The van der Waals surface area contributed by atoms with Gasteiger partial charge in [0, 0.05) is 23.0 Å². The Hall–Kier alpha value is -2.87. The predicted molar refractivity (Wildman–Crippen MR) is 77.0 cm³/mol. The number of hydrogen-bond donors (Lipinski definition) is 0. The van der Waals surface area contributed by atoms with E-state index in [2.05, 4.69) is 11.1 Å². The second-order valence-corrected chi connectivity index (χ2v) is 4.36. The standard InChI is InChI=1S/C16H14N2O3/c1-10-7-12(13(9-18-10)16(19)21-3)15-11(8-17)5-4-6-14(15)20-2/h4-7,9H,1-3H3. The van der Waals surface area contributed by atoms with Crippen molar-refractivity contribution in [2.75, 3.05) is 14.2 Å². The zero-order valence-corrected chi connectivity index (χ0v) is 12.0. The third-order valence-corrected chi connectivity index (χ3v) is 3.08. The molecule has 0 N–H and O–H groups in total. The van der Waals surface area contributed by atoms with Crippen LogP contribution in [0.25, 0.3) is 11.1 Å². The van der Waals surface area contributed by atoms with Gasteiger partial charge in [0.05, 0.1) is 31.4 Å². The molecule has 0 aliphatic rings. The predicted octanol–water partition coefficient (Wildman–Crippen LogP) is 2.72. The molecule has 1 heterocycles. The van der Waals surface area contributed by atoms with Crippen molar-refractivity contribution in [1.29, 1.82) is 5.26 Å². The highest BCUT2D eigenvalue weighted by atomic mass is 16.5. The Morgan fingerprint density at radius 2 is 2.10 bits per heavy atom. The third-order valence-electron chi connectivity index (χ3n) is 3.08. The number of aromatic nitrogens is 1. The van der Waals surface area contributed by atoms with Crippen LogP contribution in [0.3, 0.4) is 0 Å². The molecule has 5 heteroatoms. The van der Waals surface area contributed by atoms with Gasteiger partial charge in [0.25, 0.3) is 0 Å². The fourth-order valence-corrected chi connectivity index (χ4v) is 2.11. The molecule has 0 atom stereocenters. The smallest absolute Gasteiger partial charge is 0.340 e. The molecule has 0 spiro atoms. The van der Waals surface area contributed by atoms with Crippen molar-refractivity contribution in [3.63, 3.8) is 0 Å². The van der Waals surface area contributed by atoms with E-state index in [1.54, 1.807) is 24.3 Å². The van der Waals surface area contributed by atoms with Gasteiger partial charge in [0.15, 0.2) is 0 Å². The average molecular weight is 282 g/mol. The van der Waals surface area contributed by atoms with Gasteiger partial charge in [-0.3, -0.25) is 4.98 Å². The maximum atomic E-state index is 11.9. The number of aryl methyl sites for hydroxylation is 1. The molecule has 5 nitrogen and oxygen atoms in total. The van der Waals surface area contributed by atoms with E-state index >= 15 is 0 Å². The minimum Gasteiger partial charge on any atom is -0.496 e. The highest BCUT2D eigenvalue weighted by Gasteiger charge is 2.20. The first-order chi connectivity index (χ1) is 10.1. The Morgan fingerprint density at radius 1 is 1.33 bits per heavy atom. The molecule has 1 aromatic heterocycles. The van der Waals surface area contributed by atoms with Crippen molar-refractivity contribution in [3.05, 3.63) is 47.3 Å². The number of carbonyl (C=O) groups is 1. The van der Waals surface area contributed by atoms with Gasteiger partial charge >= 0.3 is 5.97 Å². The maximum Gasteiger partial charge on any atom is 0.340 e. The number of benzene rings is 1. The summed E-state index contributed by atoms with van der Waals surface area (Å²) < 4.78 is 10.1. The topological polar surface area (TPSA) is 72.2 Å². The molecule has 0 aliphatic carbocycles. The van der Waals surface area contributed by atoms with Crippen LogP contribution < -0.4 is 4.74 Å². The summed E-state index contributed by atoms with van der Waals surface area (Å²) in [6.45, 7) is 1.81. The van der Waals surface area contributed by atoms with Crippen LogP contribution in [0.5, 0.6) is 5.75 Å². The minimum atomic E-state index is -0.507. The lowest BCUT2D eigenvalue weighted by atomic mass is 9.95. The van der Waals surface area contributed by atoms with Crippen molar-refractivity contribution in [2.45, 2.75) is 6.92 Å². The molecule has 106 valence electrons. The minimum absolute atomic E-state index is 0.295. The maximum absolute atomic E-state index is 11.9. The molecule has 0 fully saturated rings. The Labute approximate surface area is 122 Å². The average Bonchev–Trinajstić information content (AvgIpc) is 2.53. The molecule has 0 amide bonds. The Morgan fingerprint density at radius 3 is 2.71 bits per heavy atom. The van der Waals surface area contributed by atoms with Crippen molar-refractivity contribution in [3.8, 4) is 22.9 Å². The van der Waals surface area contributed by atoms with Gasteiger partial charge in [-0.1, -0.05) is 6.07 Å². The number of pyridine rings is 1. The van der Waals surface area contributed by atoms with Crippen molar-refractivity contribution in [2.24, 2.45) is 0 Å². The highest BCUT2D eigenvalue weighted by molar-refractivity contribution is 5.98. The molecular formula is C16H14N2O3. The number of esters is 1. The summed E-state index contributed by atoms with van der Waals surface area (Å²) in [5.41, 5.74) is 2.58. The van der Waals surface area contributed by atoms with E-state index in [4.69, 9.17) is 9.47 Å². The largest absolute Gasteiger partial charge is 0.496 e. The Kier molecular flexibility index (Phi) is 4.19. The number of hydrogen-bond acceptors (Lipinski definition) is 5. The van der Waals surface area contributed by atoms with Gasteiger partial charge in [-0.25, -0.2) is 4.79 Å². The van der Waals surface area contributed by atoms with Crippen LogP contribution in [0.4, 0.5) is 0 Å². The molecule has 0 bridgehead atoms. The first kappa shape index (κ1) is 14.5. The number of rotatable bonds is 3. The molecule has 21 heavy (non-hydrogen) atoms. The van der Waals surface area contributed by atoms with Gasteiger partial charge in [0.2, 0.25) is 0 Å². The quantitative estimate of drug-likeness (QED) is 0.809. The molecule has 2 rings (SSSR count). The molecule has 0 unspecified atom stereocenters. The second-order valence-electron chi connectivity index (χ2n) is 4.36. The lowest BCUT2D eigenvalue weighted by Crippen LogP contribution is -2.06. The van der Waals surface area contributed by atoms with Gasteiger partial charge in [0.1, 0.15) is 5.75 Å². The first-order valence-corrected chi connectivity index (χ1v) is 6.24. The summed E-state index contributed by atoms with van der Waals surface area (Å²) in [6.07, 6.45) is 1.45. The van der Waals surface area contributed by atoms with Crippen LogP contribution >= 0.6 is 0 Å². The molecule has 0 saturated heterocycles. The van der Waals surface area contributed by atoms with E-state index in [0.29, 0.717) is 28.0 Å². The van der Waals surface area contributed by atoms with Gasteiger partial charge in [-0.2, -0.15) is 5.26 Å². The van der Waals surface area contributed by atoms with Crippen LogP contribution in [0.1, 0.15) is 21.6 Å². The lowest BCUT2D eigenvalue weighted by molar-refractivity contribution is 0.0601.